The first-order valence-corrected chi connectivity index (χ1v) is 6.80. The molecule has 1 amide bonds. The minimum atomic E-state index is -0.263. The van der Waals surface area contributed by atoms with Crippen molar-refractivity contribution in [3.63, 3.8) is 0 Å². The molecule has 2 aromatic rings. The molecule has 1 aliphatic rings. The lowest BCUT2D eigenvalue weighted by molar-refractivity contribution is 0.102. The molecule has 0 saturated heterocycles. The van der Waals surface area contributed by atoms with Gasteiger partial charge in [0.15, 0.2) is 5.69 Å². The lowest BCUT2D eigenvalue weighted by Gasteiger charge is -2.13. The molecule has 0 radical (unpaired) electrons. The fourth-order valence-electron chi connectivity index (χ4n) is 2.11. The van der Waals surface area contributed by atoms with Gasteiger partial charge < -0.3 is 10.1 Å². The number of carbonyl (C=O) groups is 1. The van der Waals surface area contributed by atoms with Crippen LogP contribution in [0.3, 0.4) is 0 Å². The zero-order valence-electron chi connectivity index (χ0n) is 11.0. The van der Waals surface area contributed by atoms with Crippen molar-refractivity contribution in [1.82, 2.24) is 9.78 Å². The number of halogens is 1. The second-order valence-corrected chi connectivity index (χ2v) is 5.07. The SMILES string of the molecule is Cc1c(Cl)cccc1NC(=O)c1cc2n(n1)CCCO2. The summed E-state index contributed by atoms with van der Waals surface area (Å²) in [6.07, 6.45) is 0.906. The largest absolute Gasteiger partial charge is 0.478 e. The van der Waals surface area contributed by atoms with Gasteiger partial charge in [-0.3, -0.25) is 4.79 Å². The number of carbonyl (C=O) groups excluding carboxylic acids is 1. The van der Waals surface area contributed by atoms with E-state index in [1.807, 2.05) is 13.0 Å². The number of benzene rings is 1. The molecule has 6 heteroatoms. The fourth-order valence-corrected chi connectivity index (χ4v) is 2.28. The quantitative estimate of drug-likeness (QED) is 0.925. The lowest BCUT2D eigenvalue weighted by Crippen LogP contribution is -2.16. The first-order chi connectivity index (χ1) is 9.65. The van der Waals surface area contributed by atoms with E-state index in [1.54, 1.807) is 22.9 Å². The molecule has 5 nitrogen and oxygen atoms in total. The van der Waals surface area contributed by atoms with Crippen molar-refractivity contribution in [3.8, 4) is 5.88 Å². The summed E-state index contributed by atoms with van der Waals surface area (Å²) in [5, 5.41) is 7.69. The highest BCUT2D eigenvalue weighted by Gasteiger charge is 2.18. The monoisotopic (exact) mass is 291 g/mol. The average Bonchev–Trinajstić information content (AvgIpc) is 2.88. The highest BCUT2D eigenvalue weighted by Crippen LogP contribution is 2.24. The Morgan fingerprint density at radius 2 is 2.35 bits per heavy atom. The van der Waals surface area contributed by atoms with Crippen LogP contribution in [0.15, 0.2) is 24.3 Å². The standard InChI is InChI=1S/C14H14ClN3O2/c1-9-10(15)4-2-5-11(9)16-14(19)12-8-13-18(17-12)6-3-7-20-13/h2,4-5,8H,3,6-7H2,1H3,(H,16,19). The van der Waals surface area contributed by atoms with Crippen molar-refractivity contribution in [3.05, 3.63) is 40.5 Å². The number of hydrogen-bond acceptors (Lipinski definition) is 3. The summed E-state index contributed by atoms with van der Waals surface area (Å²) in [5.41, 5.74) is 1.87. The Balaban J connectivity index is 1.82. The lowest BCUT2D eigenvalue weighted by atomic mass is 10.2. The molecule has 1 aromatic carbocycles. The van der Waals surface area contributed by atoms with Gasteiger partial charge in [0.2, 0.25) is 5.88 Å². The third-order valence-electron chi connectivity index (χ3n) is 3.26. The molecule has 1 aromatic heterocycles. The number of aromatic nitrogens is 2. The second-order valence-electron chi connectivity index (χ2n) is 4.66. The molecular weight excluding hydrogens is 278 g/mol. The van der Waals surface area contributed by atoms with E-state index in [0.717, 1.165) is 18.5 Å². The molecule has 20 heavy (non-hydrogen) atoms. The molecule has 0 spiro atoms. The maximum Gasteiger partial charge on any atom is 0.276 e. The predicted octanol–water partition coefficient (Wildman–Crippen LogP) is 2.88. The molecule has 2 heterocycles. The first-order valence-electron chi connectivity index (χ1n) is 6.42. The zero-order valence-corrected chi connectivity index (χ0v) is 11.8. The molecule has 1 N–H and O–H groups in total. The Hall–Kier alpha value is -2.01. The van der Waals surface area contributed by atoms with Crippen LogP contribution in [0.2, 0.25) is 5.02 Å². The highest BCUT2D eigenvalue weighted by molar-refractivity contribution is 6.31. The first kappa shape index (κ1) is 13.0. The third kappa shape index (κ3) is 2.36. The molecule has 0 unspecified atom stereocenters. The van der Waals surface area contributed by atoms with E-state index in [4.69, 9.17) is 16.3 Å². The molecule has 0 atom stereocenters. The van der Waals surface area contributed by atoms with Crippen LogP contribution in [0.25, 0.3) is 0 Å². The predicted molar refractivity (Wildman–Crippen MR) is 76.5 cm³/mol. The number of rotatable bonds is 2. The van der Waals surface area contributed by atoms with E-state index in [-0.39, 0.29) is 5.91 Å². The van der Waals surface area contributed by atoms with Gasteiger partial charge in [-0.25, -0.2) is 4.68 Å². The van der Waals surface area contributed by atoms with Crippen molar-refractivity contribution >= 4 is 23.2 Å². The van der Waals surface area contributed by atoms with Crippen molar-refractivity contribution in [1.29, 1.82) is 0 Å². The number of fused-ring (bicyclic) bond motifs is 1. The molecule has 104 valence electrons. The number of ether oxygens (including phenoxy) is 1. The molecule has 0 aliphatic carbocycles. The Labute approximate surface area is 121 Å². The average molecular weight is 292 g/mol. The molecule has 0 fully saturated rings. The highest BCUT2D eigenvalue weighted by atomic mass is 35.5. The zero-order chi connectivity index (χ0) is 14.1. The molecule has 0 bridgehead atoms. The van der Waals surface area contributed by atoms with Gasteiger partial charge in [0, 0.05) is 29.7 Å². The second kappa shape index (κ2) is 5.17. The number of nitrogens with one attached hydrogen (secondary N) is 1. The van der Waals surface area contributed by atoms with E-state index < -0.39 is 0 Å². The smallest absolute Gasteiger partial charge is 0.276 e. The van der Waals surface area contributed by atoms with Gasteiger partial charge in [-0.1, -0.05) is 17.7 Å². The van der Waals surface area contributed by atoms with E-state index in [1.165, 1.54) is 0 Å². The Kier molecular flexibility index (Phi) is 3.36. The molecule has 3 rings (SSSR count). The van der Waals surface area contributed by atoms with Gasteiger partial charge in [-0.15, -0.1) is 0 Å². The van der Waals surface area contributed by atoms with Gasteiger partial charge >= 0.3 is 0 Å². The Morgan fingerprint density at radius 3 is 3.15 bits per heavy atom. The van der Waals surface area contributed by atoms with Crippen LogP contribution in [-0.4, -0.2) is 22.3 Å². The van der Waals surface area contributed by atoms with Crippen LogP contribution >= 0.6 is 11.6 Å². The van der Waals surface area contributed by atoms with Gasteiger partial charge in [0.05, 0.1) is 6.61 Å². The maximum atomic E-state index is 12.2. The minimum absolute atomic E-state index is 0.263. The van der Waals surface area contributed by atoms with E-state index >= 15 is 0 Å². The van der Waals surface area contributed by atoms with Crippen LogP contribution in [0.4, 0.5) is 5.69 Å². The number of aryl methyl sites for hydroxylation is 1. The van der Waals surface area contributed by atoms with Crippen LogP contribution < -0.4 is 10.1 Å². The third-order valence-corrected chi connectivity index (χ3v) is 3.67. The summed E-state index contributed by atoms with van der Waals surface area (Å²) in [6, 6.07) is 7.06. The Morgan fingerprint density at radius 1 is 1.50 bits per heavy atom. The van der Waals surface area contributed by atoms with Crippen molar-refractivity contribution in [2.45, 2.75) is 19.9 Å². The summed E-state index contributed by atoms with van der Waals surface area (Å²) >= 11 is 6.03. The van der Waals surface area contributed by atoms with Crippen LogP contribution in [-0.2, 0) is 6.54 Å². The van der Waals surface area contributed by atoms with Crippen LogP contribution in [0.5, 0.6) is 5.88 Å². The van der Waals surface area contributed by atoms with E-state index in [0.29, 0.717) is 28.9 Å². The Bertz CT molecular complexity index is 643. The summed E-state index contributed by atoms with van der Waals surface area (Å²) in [7, 11) is 0. The summed E-state index contributed by atoms with van der Waals surface area (Å²) in [5.74, 6) is 0.380. The topological polar surface area (TPSA) is 56.2 Å². The fraction of sp³-hybridized carbons (Fsp3) is 0.286. The number of hydrogen-bond donors (Lipinski definition) is 1. The van der Waals surface area contributed by atoms with Crippen molar-refractivity contribution in [2.75, 3.05) is 11.9 Å². The van der Waals surface area contributed by atoms with Crippen molar-refractivity contribution in [2.24, 2.45) is 0 Å². The maximum absolute atomic E-state index is 12.2. The van der Waals surface area contributed by atoms with Crippen LogP contribution in [0.1, 0.15) is 22.5 Å². The van der Waals surface area contributed by atoms with Crippen LogP contribution in [0, 0.1) is 6.92 Å². The number of amides is 1. The summed E-state index contributed by atoms with van der Waals surface area (Å²) in [6.45, 7) is 3.30. The van der Waals surface area contributed by atoms with Gasteiger partial charge in [0.25, 0.3) is 5.91 Å². The van der Waals surface area contributed by atoms with Gasteiger partial charge in [-0.05, 0) is 24.6 Å². The molecular formula is C14H14ClN3O2. The van der Waals surface area contributed by atoms with Gasteiger partial charge in [-0.2, -0.15) is 5.10 Å². The number of nitrogens with zero attached hydrogens (tertiary/aromatic N) is 2. The molecule has 1 aliphatic heterocycles. The van der Waals surface area contributed by atoms with Gasteiger partial charge in [0.1, 0.15) is 0 Å². The van der Waals surface area contributed by atoms with E-state index in [2.05, 4.69) is 10.4 Å². The summed E-state index contributed by atoms with van der Waals surface area (Å²) in [4.78, 5) is 12.2. The minimum Gasteiger partial charge on any atom is -0.478 e. The summed E-state index contributed by atoms with van der Waals surface area (Å²) < 4.78 is 7.16. The molecule has 0 saturated carbocycles. The number of anilines is 1. The van der Waals surface area contributed by atoms with E-state index in [9.17, 15) is 4.79 Å². The van der Waals surface area contributed by atoms with Crippen molar-refractivity contribution < 1.29 is 9.53 Å². The normalized spacial score (nSPS) is 13.5.